The van der Waals surface area contributed by atoms with Crippen LogP contribution >= 0.6 is 11.8 Å². The van der Waals surface area contributed by atoms with Crippen LogP contribution in [0.3, 0.4) is 0 Å². The van der Waals surface area contributed by atoms with Crippen molar-refractivity contribution in [3.05, 3.63) is 34.6 Å². The molecule has 0 radical (unpaired) electrons. The largest absolute Gasteiger partial charge is 0.337 e. The average Bonchev–Trinajstić information content (AvgIpc) is 3.43. The standard InChI is InChI=1S/C21H24N4O2S/c1-21(13-22,14-10-11-14)24-18(26)12-28-20-23-17-9-5-4-8-16(17)19(27)25(20)15-6-2-3-7-15/h4-5,8-9,14-15H,2-3,6-7,10-12H2,1H3,(H,24,26)/t21-/m1/s1. The van der Waals surface area contributed by atoms with Gasteiger partial charge >= 0.3 is 0 Å². The maximum absolute atomic E-state index is 13.1. The van der Waals surface area contributed by atoms with Crippen LogP contribution in [-0.2, 0) is 4.79 Å². The number of hydrogen-bond acceptors (Lipinski definition) is 5. The molecule has 0 aliphatic heterocycles. The predicted molar refractivity (Wildman–Crippen MR) is 109 cm³/mol. The summed E-state index contributed by atoms with van der Waals surface area (Å²) in [5.41, 5.74) is -0.177. The molecule has 0 spiro atoms. The first-order valence-electron chi connectivity index (χ1n) is 9.88. The molecule has 1 heterocycles. The molecule has 0 bridgehead atoms. The summed E-state index contributed by atoms with van der Waals surface area (Å²) in [7, 11) is 0. The van der Waals surface area contributed by atoms with E-state index in [0.29, 0.717) is 16.1 Å². The summed E-state index contributed by atoms with van der Waals surface area (Å²) in [6.45, 7) is 1.79. The number of fused-ring (bicyclic) bond motifs is 1. The minimum absolute atomic E-state index is 0.0275. The quantitative estimate of drug-likeness (QED) is 0.597. The summed E-state index contributed by atoms with van der Waals surface area (Å²) in [6.07, 6.45) is 6.10. The third-order valence-corrected chi connectivity index (χ3v) is 6.78. The maximum Gasteiger partial charge on any atom is 0.262 e. The number of rotatable bonds is 6. The van der Waals surface area contributed by atoms with Crippen molar-refractivity contribution in [2.24, 2.45) is 5.92 Å². The molecule has 0 unspecified atom stereocenters. The van der Waals surface area contributed by atoms with Crippen molar-refractivity contribution in [2.45, 2.75) is 62.2 Å². The van der Waals surface area contributed by atoms with Crippen molar-refractivity contribution in [3.63, 3.8) is 0 Å². The number of thioether (sulfide) groups is 1. The summed E-state index contributed by atoms with van der Waals surface area (Å²) in [5.74, 6) is 0.185. The SMILES string of the molecule is C[C@](C#N)(NC(=O)CSc1nc2ccccc2c(=O)n1C1CCCC1)C1CC1. The zero-order valence-electron chi connectivity index (χ0n) is 16.0. The van der Waals surface area contributed by atoms with Gasteiger partial charge in [-0.1, -0.05) is 36.7 Å². The van der Waals surface area contributed by atoms with Gasteiger partial charge in [0.2, 0.25) is 5.91 Å². The van der Waals surface area contributed by atoms with E-state index >= 15 is 0 Å². The minimum atomic E-state index is -0.806. The average molecular weight is 397 g/mol. The number of carbonyl (C=O) groups is 1. The van der Waals surface area contributed by atoms with Crippen molar-refractivity contribution < 1.29 is 4.79 Å². The highest BCUT2D eigenvalue weighted by Gasteiger charge is 2.43. The lowest BCUT2D eigenvalue weighted by Crippen LogP contribution is -2.47. The van der Waals surface area contributed by atoms with E-state index < -0.39 is 5.54 Å². The van der Waals surface area contributed by atoms with E-state index in [1.165, 1.54) is 11.8 Å². The van der Waals surface area contributed by atoms with Gasteiger partial charge in [-0.05, 0) is 50.7 Å². The van der Waals surface area contributed by atoms with E-state index in [2.05, 4.69) is 11.4 Å². The molecule has 1 aromatic carbocycles. The highest BCUT2D eigenvalue weighted by Crippen LogP contribution is 2.39. The van der Waals surface area contributed by atoms with Crippen LogP contribution in [0.2, 0.25) is 0 Å². The van der Waals surface area contributed by atoms with Crippen LogP contribution in [-0.4, -0.2) is 26.8 Å². The summed E-state index contributed by atoms with van der Waals surface area (Å²) < 4.78 is 1.79. The molecule has 1 amide bonds. The maximum atomic E-state index is 13.1. The molecular weight excluding hydrogens is 372 g/mol. The van der Waals surface area contributed by atoms with E-state index in [9.17, 15) is 14.9 Å². The van der Waals surface area contributed by atoms with Crippen LogP contribution < -0.4 is 10.9 Å². The molecule has 6 nitrogen and oxygen atoms in total. The van der Waals surface area contributed by atoms with Gasteiger partial charge in [0.15, 0.2) is 5.16 Å². The lowest BCUT2D eigenvalue weighted by atomic mass is 9.98. The lowest BCUT2D eigenvalue weighted by molar-refractivity contribution is -0.119. The van der Waals surface area contributed by atoms with Gasteiger partial charge in [0, 0.05) is 6.04 Å². The molecular formula is C21H24N4O2S. The van der Waals surface area contributed by atoms with Gasteiger partial charge in [-0.15, -0.1) is 0 Å². The molecule has 146 valence electrons. The molecule has 28 heavy (non-hydrogen) atoms. The van der Waals surface area contributed by atoms with Crippen LogP contribution in [0.4, 0.5) is 0 Å². The number of nitriles is 1. The Hall–Kier alpha value is -2.33. The first kappa shape index (κ1) is 19.0. The fourth-order valence-electron chi connectivity index (χ4n) is 4.05. The summed E-state index contributed by atoms with van der Waals surface area (Å²) in [6, 6.07) is 9.75. The number of aromatic nitrogens is 2. The number of amides is 1. The van der Waals surface area contributed by atoms with Crippen LogP contribution in [0.25, 0.3) is 10.9 Å². The monoisotopic (exact) mass is 396 g/mol. The number of benzene rings is 1. The molecule has 4 rings (SSSR count). The Morgan fingerprint density at radius 3 is 2.71 bits per heavy atom. The summed E-state index contributed by atoms with van der Waals surface area (Å²) >= 11 is 1.28. The first-order valence-corrected chi connectivity index (χ1v) is 10.9. The van der Waals surface area contributed by atoms with E-state index in [-0.39, 0.29) is 29.2 Å². The molecule has 2 saturated carbocycles. The molecule has 2 aliphatic rings. The number of carbonyl (C=O) groups excluding carboxylic acids is 1. The summed E-state index contributed by atoms with van der Waals surface area (Å²) in [5, 5.41) is 13.5. The van der Waals surface area contributed by atoms with Crippen LogP contribution in [0.15, 0.2) is 34.2 Å². The van der Waals surface area contributed by atoms with Crippen LogP contribution in [0, 0.1) is 17.2 Å². The van der Waals surface area contributed by atoms with Crippen molar-refractivity contribution in [1.82, 2.24) is 14.9 Å². The van der Waals surface area contributed by atoms with Gasteiger partial charge in [0.05, 0.1) is 22.7 Å². The normalized spacial score (nSPS) is 19.3. The number of para-hydroxylation sites is 1. The third-order valence-electron chi connectivity index (χ3n) is 5.82. The van der Waals surface area contributed by atoms with Gasteiger partial charge in [0.1, 0.15) is 5.54 Å². The molecule has 1 N–H and O–H groups in total. The van der Waals surface area contributed by atoms with Gasteiger partial charge in [0.25, 0.3) is 5.56 Å². The fourth-order valence-corrected chi connectivity index (χ4v) is 4.92. The Morgan fingerprint density at radius 2 is 2.04 bits per heavy atom. The predicted octanol–water partition coefficient (Wildman–Crippen LogP) is 3.41. The second-order valence-corrected chi connectivity index (χ2v) is 8.89. The minimum Gasteiger partial charge on any atom is -0.337 e. The third kappa shape index (κ3) is 3.66. The zero-order valence-corrected chi connectivity index (χ0v) is 16.8. The van der Waals surface area contributed by atoms with Gasteiger partial charge in [-0.2, -0.15) is 5.26 Å². The molecule has 2 aromatic rings. The van der Waals surface area contributed by atoms with Crippen molar-refractivity contribution in [3.8, 4) is 6.07 Å². The fraction of sp³-hybridized carbons (Fsp3) is 0.524. The number of nitrogens with one attached hydrogen (secondary N) is 1. The Kier molecular flexibility index (Phi) is 5.15. The number of nitrogens with zero attached hydrogens (tertiary/aromatic N) is 3. The lowest BCUT2D eigenvalue weighted by Gasteiger charge is -2.23. The van der Waals surface area contributed by atoms with Crippen LogP contribution in [0.1, 0.15) is 51.5 Å². The Morgan fingerprint density at radius 1 is 1.32 bits per heavy atom. The van der Waals surface area contributed by atoms with E-state index in [4.69, 9.17) is 4.98 Å². The molecule has 1 atom stereocenters. The Labute approximate surface area is 168 Å². The number of hydrogen-bond donors (Lipinski definition) is 1. The summed E-state index contributed by atoms with van der Waals surface area (Å²) in [4.78, 5) is 30.3. The molecule has 2 aliphatic carbocycles. The highest BCUT2D eigenvalue weighted by molar-refractivity contribution is 7.99. The van der Waals surface area contributed by atoms with Gasteiger partial charge < -0.3 is 5.32 Å². The Balaban J connectivity index is 1.59. The van der Waals surface area contributed by atoms with E-state index in [0.717, 1.165) is 38.5 Å². The second kappa shape index (κ2) is 7.59. The van der Waals surface area contributed by atoms with E-state index in [1.54, 1.807) is 11.5 Å². The first-order chi connectivity index (χ1) is 13.5. The van der Waals surface area contributed by atoms with Crippen LogP contribution in [0.5, 0.6) is 0 Å². The van der Waals surface area contributed by atoms with Gasteiger partial charge in [-0.25, -0.2) is 4.98 Å². The van der Waals surface area contributed by atoms with Crippen molar-refractivity contribution >= 4 is 28.6 Å². The van der Waals surface area contributed by atoms with E-state index in [1.807, 2.05) is 24.3 Å². The Bertz CT molecular complexity index is 1000. The highest BCUT2D eigenvalue weighted by atomic mass is 32.2. The van der Waals surface area contributed by atoms with Crippen molar-refractivity contribution in [2.75, 3.05) is 5.75 Å². The molecule has 2 fully saturated rings. The molecule has 1 aromatic heterocycles. The van der Waals surface area contributed by atoms with Gasteiger partial charge in [-0.3, -0.25) is 14.2 Å². The zero-order chi connectivity index (χ0) is 19.7. The second-order valence-electron chi connectivity index (χ2n) is 7.95. The van der Waals surface area contributed by atoms with Crippen molar-refractivity contribution in [1.29, 1.82) is 5.26 Å². The molecule has 0 saturated heterocycles. The molecule has 7 heteroatoms. The smallest absolute Gasteiger partial charge is 0.262 e. The topological polar surface area (TPSA) is 87.8 Å².